The van der Waals surface area contributed by atoms with E-state index < -0.39 is 0 Å². The van der Waals surface area contributed by atoms with Crippen LogP contribution in [0.25, 0.3) is 0 Å². The maximum absolute atomic E-state index is 12.1. The Kier molecular flexibility index (Phi) is 6.46. The molecule has 5 nitrogen and oxygen atoms in total. The van der Waals surface area contributed by atoms with Crippen molar-refractivity contribution in [2.75, 3.05) is 20.2 Å². The SMILES string of the molecule is C=CCN(CC=C)C(=O)NCc1c(C)cc(C)nc1OC. The van der Waals surface area contributed by atoms with Gasteiger partial charge >= 0.3 is 6.03 Å². The predicted octanol–water partition coefficient (Wildman–Crippen LogP) is 2.59. The summed E-state index contributed by atoms with van der Waals surface area (Å²) in [6, 6.07) is 1.80. The fourth-order valence-electron chi connectivity index (χ4n) is 2.04. The summed E-state index contributed by atoms with van der Waals surface area (Å²) in [5.41, 5.74) is 2.81. The van der Waals surface area contributed by atoms with Crippen LogP contribution in [0.4, 0.5) is 4.79 Å². The number of urea groups is 1. The average Bonchev–Trinajstić information content (AvgIpc) is 2.45. The largest absolute Gasteiger partial charge is 0.481 e. The highest BCUT2D eigenvalue weighted by Crippen LogP contribution is 2.20. The molecule has 0 unspecified atom stereocenters. The van der Waals surface area contributed by atoms with Crippen LogP contribution in [-0.2, 0) is 6.54 Å². The van der Waals surface area contributed by atoms with E-state index in [0.29, 0.717) is 25.5 Å². The minimum Gasteiger partial charge on any atom is -0.481 e. The minimum atomic E-state index is -0.170. The lowest BCUT2D eigenvalue weighted by Crippen LogP contribution is -2.40. The zero-order chi connectivity index (χ0) is 15.8. The minimum absolute atomic E-state index is 0.170. The van der Waals surface area contributed by atoms with E-state index >= 15 is 0 Å². The standard InChI is InChI=1S/C16H23N3O2/c1-6-8-19(9-7-2)16(20)17-11-14-12(3)10-13(4)18-15(14)21-5/h6-7,10H,1-2,8-9,11H2,3-5H3,(H,17,20). The van der Waals surface area contributed by atoms with Gasteiger partial charge in [0, 0.05) is 24.3 Å². The van der Waals surface area contributed by atoms with E-state index in [9.17, 15) is 4.79 Å². The molecule has 2 amide bonds. The molecule has 5 heteroatoms. The third-order valence-corrected chi connectivity index (χ3v) is 3.03. The van der Waals surface area contributed by atoms with Crippen LogP contribution < -0.4 is 10.1 Å². The quantitative estimate of drug-likeness (QED) is 0.785. The Hall–Kier alpha value is -2.30. The van der Waals surface area contributed by atoms with Gasteiger partial charge in [0.2, 0.25) is 5.88 Å². The van der Waals surface area contributed by atoms with E-state index in [0.717, 1.165) is 16.8 Å². The molecule has 1 aromatic rings. The number of hydrogen-bond donors (Lipinski definition) is 1. The number of hydrogen-bond acceptors (Lipinski definition) is 3. The van der Waals surface area contributed by atoms with Crippen molar-refractivity contribution >= 4 is 6.03 Å². The summed E-state index contributed by atoms with van der Waals surface area (Å²) in [6.07, 6.45) is 3.37. The zero-order valence-electron chi connectivity index (χ0n) is 13.0. The maximum Gasteiger partial charge on any atom is 0.318 e. The molecule has 0 fully saturated rings. The molecule has 1 rings (SSSR count). The molecule has 0 aliphatic heterocycles. The molecule has 1 heterocycles. The second-order valence-electron chi connectivity index (χ2n) is 4.71. The maximum atomic E-state index is 12.1. The summed E-state index contributed by atoms with van der Waals surface area (Å²) in [5.74, 6) is 0.548. The van der Waals surface area contributed by atoms with Crippen LogP contribution in [0, 0.1) is 13.8 Å². The highest BCUT2D eigenvalue weighted by Gasteiger charge is 2.14. The topological polar surface area (TPSA) is 54.5 Å². The van der Waals surface area contributed by atoms with Gasteiger partial charge in [0.1, 0.15) is 0 Å². The number of methoxy groups -OCH3 is 1. The zero-order valence-corrected chi connectivity index (χ0v) is 13.0. The number of ether oxygens (including phenoxy) is 1. The third-order valence-electron chi connectivity index (χ3n) is 3.03. The van der Waals surface area contributed by atoms with E-state index in [-0.39, 0.29) is 6.03 Å². The second-order valence-corrected chi connectivity index (χ2v) is 4.71. The van der Waals surface area contributed by atoms with Gasteiger partial charge in [-0.25, -0.2) is 9.78 Å². The Morgan fingerprint density at radius 2 is 2.00 bits per heavy atom. The van der Waals surface area contributed by atoms with Gasteiger partial charge in [-0.05, 0) is 25.5 Å². The second kappa shape index (κ2) is 8.09. The van der Waals surface area contributed by atoms with E-state index in [4.69, 9.17) is 4.74 Å². The first kappa shape index (κ1) is 16.8. The highest BCUT2D eigenvalue weighted by molar-refractivity contribution is 5.74. The first-order chi connectivity index (χ1) is 10.0. The summed E-state index contributed by atoms with van der Waals surface area (Å²) in [5, 5.41) is 2.88. The van der Waals surface area contributed by atoms with Gasteiger partial charge in [0.25, 0.3) is 0 Å². The molecular weight excluding hydrogens is 266 g/mol. The van der Waals surface area contributed by atoms with Gasteiger partial charge in [0.15, 0.2) is 0 Å². The molecule has 0 radical (unpaired) electrons. The first-order valence-corrected chi connectivity index (χ1v) is 6.79. The van der Waals surface area contributed by atoms with Crippen LogP contribution in [0.1, 0.15) is 16.8 Å². The van der Waals surface area contributed by atoms with Crippen molar-refractivity contribution in [2.45, 2.75) is 20.4 Å². The summed E-state index contributed by atoms with van der Waals surface area (Å²) < 4.78 is 5.29. The molecule has 114 valence electrons. The molecule has 1 N–H and O–H groups in total. The van der Waals surface area contributed by atoms with Crippen molar-refractivity contribution < 1.29 is 9.53 Å². The van der Waals surface area contributed by atoms with E-state index in [1.165, 1.54) is 0 Å². The molecule has 0 saturated heterocycles. The van der Waals surface area contributed by atoms with Crippen LogP contribution in [0.5, 0.6) is 5.88 Å². The van der Waals surface area contributed by atoms with Gasteiger partial charge in [-0.1, -0.05) is 12.2 Å². The number of rotatable bonds is 7. The van der Waals surface area contributed by atoms with Gasteiger partial charge < -0.3 is 15.0 Å². The van der Waals surface area contributed by atoms with Gasteiger partial charge in [-0.2, -0.15) is 0 Å². The van der Waals surface area contributed by atoms with Crippen molar-refractivity contribution in [1.29, 1.82) is 0 Å². The fraction of sp³-hybridized carbons (Fsp3) is 0.375. The van der Waals surface area contributed by atoms with Crippen LogP contribution >= 0.6 is 0 Å². The van der Waals surface area contributed by atoms with Crippen molar-refractivity contribution in [1.82, 2.24) is 15.2 Å². The summed E-state index contributed by atoms with van der Waals surface area (Å²) in [4.78, 5) is 18.1. The van der Waals surface area contributed by atoms with E-state index in [1.807, 2.05) is 19.9 Å². The summed E-state index contributed by atoms with van der Waals surface area (Å²) in [7, 11) is 1.58. The average molecular weight is 289 g/mol. The van der Waals surface area contributed by atoms with Gasteiger partial charge in [-0.3, -0.25) is 0 Å². The van der Waals surface area contributed by atoms with Crippen LogP contribution in [-0.4, -0.2) is 36.1 Å². The lowest BCUT2D eigenvalue weighted by atomic mass is 10.1. The van der Waals surface area contributed by atoms with Crippen molar-refractivity contribution in [3.63, 3.8) is 0 Å². The van der Waals surface area contributed by atoms with Crippen molar-refractivity contribution in [3.8, 4) is 5.88 Å². The molecule has 0 aliphatic rings. The Morgan fingerprint density at radius 3 is 2.52 bits per heavy atom. The highest BCUT2D eigenvalue weighted by atomic mass is 16.5. The summed E-state index contributed by atoms with van der Waals surface area (Å²) in [6.45, 7) is 12.5. The monoisotopic (exact) mass is 289 g/mol. The van der Waals surface area contributed by atoms with Crippen LogP contribution in [0.3, 0.4) is 0 Å². The molecule has 0 aromatic carbocycles. The first-order valence-electron chi connectivity index (χ1n) is 6.79. The van der Waals surface area contributed by atoms with Crippen molar-refractivity contribution in [3.05, 3.63) is 48.2 Å². The van der Waals surface area contributed by atoms with Crippen LogP contribution in [0.2, 0.25) is 0 Å². The van der Waals surface area contributed by atoms with Crippen molar-refractivity contribution in [2.24, 2.45) is 0 Å². The number of carbonyl (C=O) groups excluding carboxylic acids is 1. The molecular formula is C16H23N3O2. The molecule has 0 spiro atoms. The molecule has 0 atom stereocenters. The fourth-order valence-corrected chi connectivity index (χ4v) is 2.04. The van der Waals surface area contributed by atoms with Gasteiger partial charge in [0.05, 0.1) is 13.7 Å². The Bertz CT molecular complexity index is 516. The number of aryl methyl sites for hydroxylation is 2. The summed E-state index contributed by atoms with van der Waals surface area (Å²) >= 11 is 0. The number of aromatic nitrogens is 1. The number of nitrogens with zero attached hydrogens (tertiary/aromatic N) is 2. The lowest BCUT2D eigenvalue weighted by Gasteiger charge is -2.20. The predicted molar refractivity (Wildman–Crippen MR) is 84.5 cm³/mol. The van der Waals surface area contributed by atoms with Crippen LogP contribution in [0.15, 0.2) is 31.4 Å². The number of amides is 2. The van der Waals surface area contributed by atoms with E-state index in [1.54, 1.807) is 24.2 Å². The molecule has 0 bridgehead atoms. The number of pyridine rings is 1. The Labute approximate surface area is 126 Å². The molecule has 21 heavy (non-hydrogen) atoms. The Balaban J connectivity index is 2.80. The number of nitrogens with one attached hydrogen (secondary N) is 1. The molecule has 0 saturated carbocycles. The molecule has 0 aliphatic carbocycles. The molecule has 1 aromatic heterocycles. The van der Waals surface area contributed by atoms with Gasteiger partial charge in [-0.15, -0.1) is 13.2 Å². The smallest absolute Gasteiger partial charge is 0.318 e. The van der Waals surface area contributed by atoms with E-state index in [2.05, 4.69) is 23.5 Å². The number of carbonyl (C=O) groups is 1. The Morgan fingerprint density at radius 1 is 1.38 bits per heavy atom. The lowest BCUT2D eigenvalue weighted by molar-refractivity contribution is 0.207. The normalized spacial score (nSPS) is 9.86. The third kappa shape index (κ3) is 4.63.